The minimum atomic E-state index is -4.65. The molecule has 0 aromatic heterocycles. The molecule has 0 radical (unpaired) electrons. The highest BCUT2D eigenvalue weighted by molar-refractivity contribution is 7.80. The van der Waals surface area contributed by atoms with Crippen LogP contribution in [-0.2, 0) is 6.18 Å². The first-order valence-electron chi connectivity index (χ1n) is 3.49. The lowest BCUT2D eigenvalue weighted by Gasteiger charge is -2.11. The van der Waals surface area contributed by atoms with E-state index < -0.39 is 22.5 Å². The molecule has 1 aromatic carbocycles. The van der Waals surface area contributed by atoms with Crippen LogP contribution in [0.1, 0.15) is 11.1 Å². The molecule has 2 N–H and O–H groups in total. The summed E-state index contributed by atoms with van der Waals surface area (Å²) in [6, 6.07) is 2.17. The third kappa shape index (κ3) is 2.20. The van der Waals surface area contributed by atoms with E-state index in [1.165, 1.54) is 0 Å². The maximum atomic E-state index is 12.6. The third-order valence-corrected chi connectivity index (χ3v) is 1.77. The Labute approximate surface area is 82.5 Å². The fourth-order valence-electron chi connectivity index (χ4n) is 0.966. The minimum absolute atomic E-state index is 0.367. The van der Waals surface area contributed by atoms with Gasteiger partial charge in [-0.25, -0.2) is 4.39 Å². The maximum Gasteiger partial charge on any atom is 0.417 e. The standard InChI is InChI=1S/C8H5F4NS/c9-4-1-2-5(7(13)14)6(3-4)8(10,11)12/h1-3H,(H2,13,14). The van der Waals surface area contributed by atoms with Gasteiger partial charge in [0.15, 0.2) is 0 Å². The Balaban J connectivity index is 3.38. The molecule has 1 nitrogen and oxygen atoms in total. The zero-order chi connectivity index (χ0) is 10.9. The molecule has 0 saturated heterocycles. The van der Waals surface area contributed by atoms with Crippen LogP contribution in [0, 0.1) is 5.82 Å². The van der Waals surface area contributed by atoms with E-state index in [-0.39, 0.29) is 5.56 Å². The molecule has 0 aliphatic heterocycles. The number of nitrogens with two attached hydrogens (primary N) is 1. The van der Waals surface area contributed by atoms with E-state index in [1.54, 1.807) is 0 Å². The fraction of sp³-hybridized carbons (Fsp3) is 0.125. The van der Waals surface area contributed by atoms with Gasteiger partial charge < -0.3 is 5.73 Å². The van der Waals surface area contributed by atoms with Crippen molar-refractivity contribution in [3.05, 3.63) is 35.1 Å². The molecular formula is C8H5F4NS. The van der Waals surface area contributed by atoms with Crippen LogP contribution in [0.2, 0.25) is 0 Å². The predicted octanol–water partition coefficient (Wildman–Crippen LogP) is 2.48. The van der Waals surface area contributed by atoms with Crippen molar-refractivity contribution in [2.45, 2.75) is 6.18 Å². The van der Waals surface area contributed by atoms with Crippen LogP contribution in [0.5, 0.6) is 0 Å². The second-order valence-corrected chi connectivity index (χ2v) is 2.99. The second-order valence-electron chi connectivity index (χ2n) is 2.55. The van der Waals surface area contributed by atoms with Crippen molar-refractivity contribution in [3.63, 3.8) is 0 Å². The predicted molar refractivity (Wildman–Crippen MR) is 47.3 cm³/mol. The highest BCUT2D eigenvalue weighted by Gasteiger charge is 2.34. The molecule has 0 spiro atoms. The zero-order valence-electron chi connectivity index (χ0n) is 6.73. The van der Waals surface area contributed by atoms with Crippen molar-refractivity contribution in [3.8, 4) is 0 Å². The van der Waals surface area contributed by atoms with Gasteiger partial charge in [0.25, 0.3) is 0 Å². The van der Waals surface area contributed by atoms with Crippen LogP contribution in [0.3, 0.4) is 0 Å². The third-order valence-electron chi connectivity index (χ3n) is 1.55. The molecule has 6 heteroatoms. The van der Waals surface area contributed by atoms with Gasteiger partial charge in [-0.15, -0.1) is 0 Å². The van der Waals surface area contributed by atoms with Gasteiger partial charge in [-0.05, 0) is 18.2 Å². The van der Waals surface area contributed by atoms with E-state index in [2.05, 4.69) is 12.2 Å². The number of thiocarbonyl (C=S) groups is 1. The van der Waals surface area contributed by atoms with Crippen LogP contribution in [-0.4, -0.2) is 4.99 Å². The highest BCUT2D eigenvalue weighted by atomic mass is 32.1. The van der Waals surface area contributed by atoms with Gasteiger partial charge in [0.05, 0.1) is 5.56 Å². The van der Waals surface area contributed by atoms with E-state index in [1.807, 2.05) is 0 Å². The summed E-state index contributed by atoms with van der Waals surface area (Å²) >= 11 is 4.42. The lowest BCUT2D eigenvalue weighted by molar-refractivity contribution is -0.137. The molecule has 14 heavy (non-hydrogen) atoms. The quantitative estimate of drug-likeness (QED) is 0.584. The molecule has 0 bridgehead atoms. The first kappa shape index (κ1) is 10.9. The normalized spacial score (nSPS) is 11.4. The molecule has 76 valence electrons. The second kappa shape index (κ2) is 3.53. The van der Waals surface area contributed by atoms with Crippen LogP contribution >= 0.6 is 12.2 Å². The van der Waals surface area contributed by atoms with Crippen LogP contribution in [0.25, 0.3) is 0 Å². The Morgan fingerprint density at radius 2 is 1.86 bits per heavy atom. The molecule has 0 amide bonds. The lowest BCUT2D eigenvalue weighted by atomic mass is 10.1. The van der Waals surface area contributed by atoms with Crippen molar-refractivity contribution >= 4 is 17.2 Å². The Hall–Kier alpha value is -1.17. The lowest BCUT2D eigenvalue weighted by Crippen LogP contribution is -2.18. The summed E-state index contributed by atoms with van der Waals surface area (Å²) in [5.74, 6) is -0.975. The Bertz CT molecular complexity index is 372. The van der Waals surface area contributed by atoms with Gasteiger partial charge >= 0.3 is 6.18 Å². The Morgan fingerprint density at radius 3 is 2.29 bits per heavy atom. The SMILES string of the molecule is NC(=S)c1ccc(F)cc1C(F)(F)F. The van der Waals surface area contributed by atoms with Gasteiger partial charge in [0, 0.05) is 5.56 Å². The summed E-state index contributed by atoms with van der Waals surface area (Å²) in [6.07, 6.45) is -4.65. The summed E-state index contributed by atoms with van der Waals surface area (Å²) in [5, 5.41) is 0. The summed E-state index contributed by atoms with van der Waals surface area (Å²) in [6.45, 7) is 0. The van der Waals surface area contributed by atoms with E-state index >= 15 is 0 Å². The van der Waals surface area contributed by atoms with Gasteiger partial charge in [0.2, 0.25) is 0 Å². The van der Waals surface area contributed by atoms with Crippen LogP contribution in [0.15, 0.2) is 18.2 Å². The van der Waals surface area contributed by atoms with Crippen molar-refractivity contribution in [2.75, 3.05) is 0 Å². The van der Waals surface area contributed by atoms with E-state index in [0.29, 0.717) is 6.07 Å². The molecular weight excluding hydrogens is 218 g/mol. The largest absolute Gasteiger partial charge is 0.417 e. The molecule has 0 atom stereocenters. The summed E-state index contributed by atoms with van der Waals surface area (Å²) in [4.78, 5) is -0.405. The molecule has 0 saturated carbocycles. The topological polar surface area (TPSA) is 26.0 Å². The highest BCUT2D eigenvalue weighted by Crippen LogP contribution is 2.32. The van der Waals surface area contributed by atoms with Gasteiger partial charge in [0.1, 0.15) is 10.8 Å². The van der Waals surface area contributed by atoms with Crippen molar-refractivity contribution in [2.24, 2.45) is 5.73 Å². The van der Waals surface area contributed by atoms with Crippen molar-refractivity contribution < 1.29 is 17.6 Å². The number of hydrogen-bond donors (Lipinski definition) is 1. The molecule has 0 unspecified atom stereocenters. The van der Waals surface area contributed by atoms with Gasteiger partial charge in [-0.2, -0.15) is 13.2 Å². The van der Waals surface area contributed by atoms with Crippen molar-refractivity contribution in [1.82, 2.24) is 0 Å². The van der Waals surface area contributed by atoms with Gasteiger partial charge in [-0.3, -0.25) is 0 Å². The number of alkyl halides is 3. The van der Waals surface area contributed by atoms with E-state index in [0.717, 1.165) is 12.1 Å². The summed E-state index contributed by atoms with van der Waals surface area (Å²) in [5.41, 5.74) is 3.56. The minimum Gasteiger partial charge on any atom is -0.389 e. The number of halogens is 4. The van der Waals surface area contributed by atoms with E-state index in [9.17, 15) is 17.6 Å². The number of hydrogen-bond acceptors (Lipinski definition) is 1. The number of benzene rings is 1. The van der Waals surface area contributed by atoms with Gasteiger partial charge in [-0.1, -0.05) is 12.2 Å². The first-order valence-corrected chi connectivity index (χ1v) is 3.90. The molecule has 0 aliphatic rings. The maximum absolute atomic E-state index is 12.6. The molecule has 1 rings (SSSR count). The summed E-state index contributed by atoms with van der Waals surface area (Å²) < 4.78 is 49.5. The molecule has 1 aromatic rings. The monoisotopic (exact) mass is 223 g/mol. The number of rotatable bonds is 1. The molecule has 0 heterocycles. The zero-order valence-corrected chi connectivity index (χ0v) is 7.55. The molecule has 0 fully saturated rings. The average molecular weight is 223 g/mol. The van der Waals surface area contributed by atoms with Crippen LogP contribution in [0.4, 0.5) is 17.6 Å². The molecule has 0 aliphatic carbocycles. The van der Waals surface area contributed by atoms with Crippen LogP contribution < -0.4 is 5.73 Å². The fourth-order valence-corrected chi connectivity index (χ4v) is 1.14. The summed E-state index contributed by atoms with van der Waals surface area (Å²) in [7, 11) is 0. The first-order chi connectivity index (χ1) is 6.32. The van der Waals surface area contributed by atoms with Crippen molar-refractivity contribution in [1.29, 1.82) is 0 Å². The smallest absolute Gasteiger partial charge is 0.389 e. The van der Waals surface area contributed by atoms with E-state index in [4.69, 9.17) is 5.73 Å². The Morgan fingerprint density at radius 1 is 1.29 bits per heavy atom. The average Bonchev–Trinajstić information content (AvgIpc) is 2.01. The Kier molecular flexibility index (Phi) is 2.75.